The SMILES string of the molecule is COC(=O)[C@@H]1CS[C@H](C)O1. The molecule has 0 aromatic heterocycles. The van der Waals surface area contributed by atoms with Gasteiger partial charge in [-0.05, 0) is 6.92 Å². The number of carbonyl (C=O) groups excluding carboxylic acids is 1. The average Bonchev–Trinajstić information content (AvgIpc) is 2.34. The van der Waals surface area contributed by atoms with E-state index in [-0.39, 0.29) is 17.5 Å². The maximum atomic E-state index is 10.8. The number of thioether (sulfide) groups is 1. The molecule has 58 valence electrons. The zero-order valence-corrected chi connectivity index (χ0v) is 6.81. The summed E-state index contributed by atoms with van der Waals surface area (Å²) >= 11 is 1.63. The second-order valence-electron chi connectivity index (χ2n) is 2.05. The molecule has 0 amide bonds. The number of rotatable bonds is 1. The molecule has 1 aliphatic rings. The first-order valence-electron chi connectivity index (χ1n) is 3.09. The molecule has 0 bridgehead atoms. The molecule has 0 aliphatic carbocycles. The summed E-state index contributed by atoms with van der Waals surface area (Å²) in [6.07, 6.45) is -0.343. The number of hydrogen-bond donors (Lipinski definition) is 0. The molecule has 0 spiro atoms. The van der Waals surface area contributed by atoms with Crippen LogP contribution in [0.4, 0.5) is 0 Å². The van der Waals surface area contributed by atoms with Crippen molar-refractivity contribution in [2.24, 2.45) is 0 Å². The molecular formula is C6H10O3S. The van der Waals surface area contributed by atoms with Gasteiger partial charge in [-0.25, -0.2) is 4.79 Å². The second-order valence-corrected chi connectivity index (χ2v) is 3.38. The van der Waals surface area contributed by atoms with Gasteiger partial charge >= 0.3 is 5.97 Å². The largest absolute Gasteiger partial charge is 0.467 e. The highest BCUT2D eigenvalue weighted by Crippen LogP contribution is 2.24. The first-order chi connectivity index (χ1) is 4.74. The smallest absolute Gasteiger partial charge is 0.335 e. The third-order valence-electron chi connectivity index (χ3n) is 1.30. The number of hydrogen-bond acceptors (Lipinski definition) is 4. The Hall–Kier alpha value is -0.220. The molecule has 0 saturated carbocycles. The van der Waals surface area contributed by atoms with Gasteiger partial charge in [0.2, 0.25) is 0 Å². The van der Waals surface area contributed by atoms with Gasteiger partial charge in [-0.3, -0.25) is 0 Å². The van der Waals surface area contributed by atoms with E-state index in [1.807, 2.05) is 6.92 Å². The monoisotopic (exact) mass is 162 g/mol. The van der Waals surface area contributed by atoms with E-state index >= 15 is 0 Å². The third kappa shape index (κ3) is 1.64. The number of ether oxygens (including phenoxy) is 2. The van der Waals surface area contributed by atoms with E-state index in [0.29, 0.717) is 5.75 Å². The summed E-state index contributed by atoms with van der Waals surface area (Å²) in [5.74, 6) is 0.449. The van der Waals surface area contributed by atoms with Gasteiger partial charge in [0.15, 0.2) is 6.10 Å². The van der Waals surface area contributed by atoms with Gasteiger partial charge in [0.05, 0.1) is 7.11 Å². The highest BCUT2D eigenvalue weighted by Gasteiger charge is 2.29. The molecule has 3 nitrogen and oxygen atoms in total. The average molecular weight is 162 g/mol. The normalized spacial score (nSPS) is 32.2. The lowest BCUT2D eigenvalue weighted by molar-refractivity contribution is -0.151. The fraction of sp³-hybridized carbons (Fsp3) is 0.833. The van der Waals surface area contributed by atoms with E-state index in [9.17, 15) is 4.79 Å². The Morgan fingerprint density at radius 3 is 2.90 bits per heavy atom. The van der Waals surface area contributed by atoms with Gasteiger partial charge in [-0.2, -0.15) is 0 Å². The van der Waals surface area contributed by atoms with E-state index in [4.69, 9.17) is 4.74 Å². The molecule has 0 N–H and O–H groups in total. The summed E-state index contributed by atoms with van der Waals surface area (Å²) in [5, 5.41) is 0. The van der Waals surface area contributed by atoms with E-state index in [1.54, 1.807) is 11.8 Å². The first-order valence-corrected chi connectivity index (χ1v) is 4.14. The molecular weight excluding hydrogens is 152 g/mol. The molecule has 1 heterocycles. The minimum atomic E-state index is -0.343. The molecule has 2 atom stereocenters. The van der Waals surface area contributed by atoms with E-state index in [2.05, 4.69) is 4.74 Å². The van der Waals surface area contributed by atoms with Crippen LogP contribution < -0.4 is 0 Å². The fourth-order valence-corrected chi connectivity index (χ4v) is 1.66. The number of carbonyl (C=O) groups is 1. The lowest BCUT2D eigenvalue weighted by Crippen LogP contribution is -2.24. The fourth-order valence-electron chi connectivity index (χ4n) is 0.788. The van der Waals surface area contributed by atoms with Crippen LogP contribution in [0.5, 0.6) is 0 Å². The Labute approximate surface area is 64.1 Å². The van der Waals surface area contributed by atoms with Crippen molar-refractivity contribution in [3.63, 3.8) is 0 Å². The molecule has 1 fully saturated rings. The maximum Gasteiger partial charge on any atom is 0.335 e. The van der Waals surface area contributed by atoms with Crippen molar-refractivity contribution in [1.82, 2.24) is 0 Å². The van der Waals surface area contributed by atoms with E-state index in [0.717, 1.165) is 0 Å². The van der Waals surface area contributed by atoms with Crippen LogP contribution in [-0.4, -0.2) is 30.4 Å². The molecule has 0 aromatic carbocycles. The number of methoxy groups -OCH3 is 1. The number of esters is 1. The minimum absolute atomic E-state index is 0.129. The van der Waals surface area contributed by atoms with Crippen LogP contribution in [0.1, 0.15) is 6.92 Å². The van der Waals surface area contributed by atoms with Crippen LogP contribution >= 0.6 is 11.8 Å². The topological polar surface area (TPSA) is 35.5 Å². The molecule has 0 unspecified atom stereocenters. The third-order valence-corrected chi connectivity index (χ3v) is 2.38. The molecule has 10 heavy (non-hydrogen) atoms. The van der Waals surface area contributed by atoms with E-state index < -0.39 is 0 Å². The second kappa shape index (κ2) is 3.25. The maximum absolute atomic E-state index is 10.8. The van der Waals surface area contributed by atoms with Gasteiger partial charge < -0.3 is 9.47 Å². The Morgan fingerprint density at radius 2 is 2.50 bits per heavy atom. The zero-order chi connectivity index (χ0) is 7.56. The summed E-state index contributed by atoms with van der Waals surface area (Å²) < 4.78 is 9.71. The lowest BCUT2D eigenvalue weighted by Gasteiger charge is -2.05. The van der Waals surface area contributed by atoms with Gasteiger partial charge in [0.1, 0.15) is 5.44 Å². The zero-order valence-electron chi connectivity index (χ0n) is 5.99. The quantitative estimate of drug-likeness (QED) is 0.530. The molecule has 4 heteroatoms. The van der Waals surface area contributed by atoms with Crippen LogP contribution in [0.3, 0.4) is 0 Å². The van der Waals surface area contributed by atoms with Gasteiger partial charge in [0.25, 0.3) is 0 Å². The Morgan fingerprint density at radius 1 is 1.80 bits per heavy atom. The van der Waals surface area contributed by atoms with Crippen LogP contribution in [0.25, 0.3) is 0 Å². The van der Waals surface area contributed by atoms with Crippen molar-refractivity contribution in [2.45, 2.75) is 18.5 Å². The van der Waals surface area contributed by atoms with Crippen molar-refractivity contribution in [3.05, 3.63) is 0 Å². The lowest BCUT2D eigenvalue weighted by atomic mass is 10.4. The highest BCUT2D eigenvalue weighted by atomic mass is 32.2. The van der Waals surface area contributed by atoms with Crippen LogP contribution in [-0.2, 0) is 14.3 Å². The summed E-state index contributed by atoms with van der Waals surface area (Å²) in [7, 11) is 1.37. The van der Waals surface area contributed by atoms with Crippen molar-refractivity contribution in [1.29, 1.82) is 0 Å². The summed E-state index contributed by atoms with van der Waals surface area (Å²) in [6, 6.07) is 0. The molecule has 1 saturated heterocycles. The first kappa shape index (κ1) is 7.88. The van der Waals surface area contributed by atoms with Crippen LogP contribution in [0, 0.1) is 0 Å². The predicted octanol–water partition coefficient (Wildman–Crippen LogP) is 0.637. The summed E-state index contributed by atoms with van der Waals surface area (Å²) in [5.41, 5.74) is 0.129. The van der Waals surface area contributed by atoms with Gasteiger partial charge in [0, 0.05) is 5.75 Å². The molecule has 0 radical (unpaired) electrons. The highest BCUT2D eigenvalue weighted by molar-refractivity contribution is 8.00. The summed E-state index contributed by atoms with van der Waals surface area (Å²) in [4.78, 5) is 10.8. The van der Waals surface area contributed by atoms with Crippen molar-refractivity contribution < 1.29 is 14.3 Å². The Balaban J connectivity index is 2.37. The van der Waals surface area contributed by atoms with Crippen molar-refractivity contribution in [3.8, 4) is 0 Å². The van der Waals surface area contributed by atoms with Crippen LogP contribution in [0.15, 0.2) is 0 Å². The standard InChI is InChI=1S/C6H10O3S/c1-4-9-5(3-10-4)6(7)8-2/h4-5H,3H2,1-2H3/t4-,5+/m1/s1. The molecule has 1 aliphatic heterocycles. The minimum Gasteiger partial charge on any atom is -0.467 e. The predicted molar refractivity (Wildman–Crippen MR) is 38.8 cm³/mol. The van der Waals surface area contributed by atoms with Crippen molar-refractivity contribution >= 4 is 17.7 Å². The van der Waals surface area contributed by atoms with Crippen molar-refractivity contribution in [2.75, 3.05) is 12.9 Å². The van der Waals surface area contributed by atoms with Gasteiger partial charge in [-0.15, -0.1) is 11.8 Å². The Bertz CT molecular complexity index is 137. The molecule has 1 rings (SSSR count). The summed E-state index contributed by atoms with van der Waals surface area (Å²) in [6.45, 7) is 1.92. The van der Waals surface area contributed by atoms with Gasteiger partial charge in [-0.1, -0.05) is 0 Å². The van der Waals surface area contributed by atoms with E-state index in [1.165, 1.54) is 7.11 Å². The molecule has 0 aromatic rings. The Kier molecular flexibility index (Phi) is 2.56. The van der Waals surface area contributed by atoms with Crippen LogP contribution in [0.2, 0.25) is 0 Å².